The van der Waals surface area contributed by atoms with E-state index in [-0.39, 0.29) is 18.0 Å². The Bertz CT molecular complexity index is 611. The van der Waals surface area contributed by atoms with E-state index in [1.54, 1.807) is 32.0 Å². The lowest BCUT2D eigenvalue weighted by Gasteiger charge is -2.08. The Morgan fingerprint density at radius 2 is 2.30 bits per heavy atom. The molecule has 20 heavy (non-hydrogen) atoms. The van der Waals surface area contributed by atoms with Gasteiger partial charge in [0.1, 0.15) is 5.69 Å². The summed E-state index contributed by atoms with van der Waals surface area (Å²) in [6, 6.07) is 4.84. The molecule has 0 unspecified atom stereocenters. The number of aromatic nitrogens is 2. The fourth-order valence-corrected chi connectivity index (χ4v) is 1.71. The standard InChI is InChI=1S/C12H14N4O4/c1-3-19-10-6-4-5-9(12(10)16(17)18)13-7-11-14-8(2)15-20-11/h4-6,13H,3,7H2,1-2H3. The minimum absolute atomic E-state index is 0.106. The number of aryl methyl sites for hydroxylation is 1. The van der Waals surface area contributed by atoms with E-state index in [0.29, 0.717) is 24.0 Å². The lowest BCUT2D eigenvalue weighted by molar-refractivity contribution is -0.384. The molecule has 0 aliphatic heterocycles. The number of para-hydroxylation sites is 1. The van der Waals surface area contributed by atoms with Gasteiger partial charge < -0.3 is 14.6 Å². The van der Waals surface area contributed by atoms with Crippen LogP contribution in [0.5, 0.6) is 5.75 Å². The summed E-state index contributed by atoms with van der Waals surface area (Å²) in [5.41, 5.74) is 0.238. The Morgan fingerprint density at radius 1 is 1.50 bits per heavy atom. The second-order valence-corrected chi connectivity index (χ2v) is 3.93. The van der Waals surface area contributed by atoms with E-state index in [0.717, 1.165) is 0 Å². The summed E-state index contributed by atoms with van der Waals surface area (Å²) in [4.78, 5) is 14.7. The maximum atomic E-state index is 11.2. The largest absolute Gasteiger partial charge is 0.487 e. The van der Waals surface area contributed by atoms with Gasteiger partial charge in [0.25, 0.3) is 0 Å². The third-order valence-corrected chi connectivity index (χ3v) is 2.48. The average molecular weight is 278 g/mol. The zero-order chi connectivity index (χ0) is 14.5. The highest BCUT2D eigenvalue weighted by Gasteiger charge is 2.21. The summed E-state index contributed by atoms with van der Waals surface area (Å²) in [6.07, 6.45) is 0. The van der Waals surface area contributed by atoms with Crippen LogP contribution in [0.2, 0.25) is 0 Å². The Hall–Kier alpha value is -2.64. The monoisotopic (exact) mass is 278 g/mol. The molecule has 0 aliphatic carbocycles. The number of nitro groups is 1. The molecular formula is C12H14N4O4. The molecule has 0 bridgehead atoms. The van der Waals surface area contributed by atoms with Gasteiger partial charge in [0, 0.05) is 0 Å². The average Bonchev–Trinajstić information content (AvgIpc) is 2.82. The zero-order valence-corrected chi connectivity index (χ0v) is 11.1. The molecule has 0 saturated carbocycles. The van der Waals surface area contributed by atoms with Crippen molar-refractivity contribution in [1.29, 1.82) is 0 Å². The maximum Gasteiger partial charge on any atom is 0.333 e. The maximum absolute atomic E-state index is 11.2. The number of benzene rings is 1. The molecule has 1 aromatic heterocycles. The number of hydrogen-bond donors (Lipinski definition) is 1. The molecule has 2 aromatic rings. The smallest absolute Gasteiger partial charge is 0.333 e. The third kappa shape index (κ3) is 3.02. The van der Waals surface area contributed by atoms with Crippen LogP contribution >= 0.6 is 0 Å². The highest BCUT2D eigenvalue weighted by Crippen LogP contribution is 2.34. The van der Waals surface area contributed by atoms with Crippen LogP contribution in [0.4, 0.5) is 11.4 Å². The van der Waals surface area contributed by atoms with E-state index in [1.807, 2.05) is 0 Å². The van der Waals surface area contributed by atoms with Crippen molar-refractivity contribution < 1.29 is 14.2 Å². The van der Waals surface area contributed by atoms with Crippen LogP contribution in [-0.4, -0.2) is 21.7 Å². The molecular weight excluding hydrogens is 264 g/mol. The molecule has 2 rings (SSSR count). The summed E-state index contributed by atoms with van der Waals surface area (Å²) < 4.78 is 10.2. The van der Waals surface area contributed by atoms with Gasteiger partial charge >= 0.3 is 5.69 Å². The van der Waals surface area contributed by atoms with E-state index in [2.05, 4.69) is 15.5 Å². The highest BCUT2D eigenvalue weighted by atomic mass is 16.6. The van der Waals surface area contributed by atoms with Crippen LogP contribution in [-0.2, 0) is 6.54 Å². The molecule has 106 valence electrons. The molecule has 0 spiro atoms. The molecule has 8 nitrogen and oxygen atoms in total. The highest BCUT2D eigenvalue weighted by molar-refractivity contribution is 5.68. The number of nitro benzene ring substituents is 1. The van der Waals surface area contributed by atoms with Crippen molar-refractivity contribution in [1.82, 2.24) is 10.1 Å². The van der Waals surface area contributed by atoms with Gasteiger partial charge in [-0.1, -0.05) is 11.2 Å². The second kappa shape index (κ2) is 6.00. The number of rotatable bonds is 6. The number of ether oxygens (including phenoxy) is 1. The lowest BCUT2D eigenvalue weighted by atomic mass is 10.2. The third-order valence-electron chi connectivity index (χ3n) is 2.48. The van der Waals surface area contributed by atoms with Crippen LogP contribution in [0.1, 0.15) is 18.6 Å². The molecule has 0 saturated heterocycles. The van der Waals surface area contributed by atoms with E-state index >= 15 is 0 Å². The van der Waals surface area contributed by atoms with E-state index in [4.69, 9.17) is 9.26 Å². The Balaban J connectivity index is 2.22. The first-order valence-corrected chi connectivity index (χ1v) is 6.05. The van der Waals surface area contributed by atoms with Crippen LogP contribution in [0.3, 0.4) is 0 Å². The van der Waals surface area contributed by atoms with Crippen molar-refractivity contribution >= 4 is 11.4 Å². The molecule has 1 N–H and O–H groups in total. The van der Waals surface area contributed by atoms with Crippen LogP contribution < -0.4 is 10.1 Å². The molecule has 0 fully saturated rings. The first-order chi connectivity index (χ1) is 9.61. The number of nitrogens with zero attached hydrogens (tertiary/aromatic N) is 3. The Kier molecular flexibility index (Phi) is 4.14. The number of anilines is 1. The first kappa shape index (κ1) is 13.8. The minimum Gasteiger partial charge on any atom is -0.487 e. The van der Waals surface area contributed by atoms with Gasteiger partial charge in [-0.3, -0.25) is 10.1 Å². The predicted molar refractivity (Wildman–Crippen MR) is 70.6 cm³/mol. The van der Waals surface area contributed by atoms with Crippen molar-refractivity contribution in [3.05, 3.63) is 40.0 Å². The zero-order valence-electron chi connectivity index (χ0n) is 11.1. The second-order valence-electron chi connectivity index (χ2n) is 3.93. The number of nitrogens with one attached hydrogen (secondary N) is 1. The van der Waals surface area contributed by atoms with Crippen molar-refractivity contribution in [2.75, 3.05) is 11.9 Å². The summed E-state index contributed by atoms with van der Waals surface area (Å²) in [7, 11) is 0. The normalized spacial score (nSPS) is 10.3. The van der Waals surface area contributed by atoms with Gasteiger partial charge in [-0.25, -0.2) is 0 Å². The minimum atomic E-state index is -0.480. The molecule has 0 aliphatic rings. The summed E-state index contributed by atoms with van der Waals surface area (Å²) >= 11 is 0. The van der Waals surface area contributed by atoms with Crippen molar-refractivity contribution in [2.24, 2.45) is 0 Å². The van der Waals surface area contributed by atoms with Crippen molar-refractivity contribution in [3.8, 4) is 5.75 Å². The van der Waals surface area contributed by atoms with Gasteiger partial charge in [0.15, 0.2) is 11.6 Å². The molecule has 0 radical (unpaired) electrons. The quantitative estimate of drug-likeness (QED) is 0.638. The molecule has 8 heteroatoms. The van der Waals surface area contributed by atoms with Gasteiger partial charge in [-0.2, -0.15) is 4.98 Å². The molecule has 1 aromatic carbocycles. The van der Waals surface area contributed by atoms with E-state index < -0.39 is 4.92 Å². The van der Waals surface area contributed by atoms with Crippen LogP contribution in [0.25, 0.3) is 0 Å². The van der Waals surface area contributed by atoms with E-state index in [1.165, 1.54) is 0 Å². The van der Waals surface area contributed by atoms with Gasteiger partial charge in [0.05, 0.1) is 18.1 Å². The van der Waals surface area contributed by atoms with Crippen LogP contribution in [0, 0.1) is 17.0 Å². The summed E-state index contributed by atoms with van der Waals surface area (Å²) in [6.45, 7) is 4.03. The van der Waals surface area contributed by atoms with Crippen molar-refractivity contribution in [3.63, 3.8) is 0 Å². The van der Waals surface area contributed by atoms with Gasteiger partial charge in [0.2, 0.25) is 5.89 Å². The fraction of sp³-hybridized carbons (Fsp3) is 0.333. The predicted octanol–water partition coefficient (Wildman–Crippen LogP) is 2.30. The van der Waals surface area contributed by atoms with E-state index in [9.17, 15) is 10.1 Å². The Morgan fingerprint density at radius 3 is 2.90 bits per heavy atom. The fourth-order valence-electron chi connectivity index (χ4n) is 1.71. The lowest BCUT2D eigenvalue weighted by Crippen LogP contribution is -2.05. The summed E-state index contributed by atoms with van der Waals surface area (Å²) in [5.74, 6) is 1.10. The van der Waals surface area contributed by atoms with Crippen LogP contribution in [0.15, 0.2) is 22.7 Å². The first-order valence-electron chi connectivity index (χ1n) is 6.05. The van der Waals surface area contributed by atoms with Crippen molar-refractivity contribution in [2.45, 2.75) is 20.4 Å². The molecule has 1 heterocycles. The SMILES string of the molecule is CCOc1cccc(NCc2nc(C)no2)c1[N+](=O)[O-]. The Labute approximate surface area is 114 Å². The molecule has 0 atom stereocenters. The number of hydrogen-bond acceptors (Lipinski definition) is 7. The molecule has 0 amide bonds. The van der Waals surface area contributed by atoms with Gasteiger partial charge in [-0.05, 0) is 26.0 Å². The van der Waals surface area contributed by atoms with Gasteiger partial charge in [-0.15, -0.1) is 0 Å². The topological polar surface area (TPSA) is 103 Å². The summed E-state index contributed by atoms with van der Waals surface area (Å²) in [5, 5.41) is 17.7.